The summed E-state index contributed by atoms with van der Waals surface area (Å²) >= 11 is 6.09. The normalized spacial score (nSPS) is 11.6. The van der Waals surface area contributed by atoms with Gasteiger partial charge in [-0.15, -0.1) is 0 Å². The van der Waals surface area contributed by atoms with Crippen molar-refractivity contribution in [3.8, 4) is 5.69 Å². The fraction of sp³-hybridized carbons (Fsp3) is 0.286. The van der Waals surface area contributed by atoms with Crippen molar-refractivity contribution in [2.75, 3.05) is 6.54 Å². The predicted octanol–water partition coefficient (Wildman–Crippen LogP) is 4.52. The number of hydrogen-bond acceptors (Lipinski definition) is 4. The average Bonchev–Trinajstić information content (AvgIpc) is 2.62. The van der Waals surface area contributed by atoms with E-state index in [1.54, 1.807) is 20.8 Å². The number of aromatic nitrogens is 2. The molecule has 1 heterocycles. The SMILES string of the molecule is CC(C)(C)OC(=O)NCCc1nc2c(Cl)ccc(F)c2c(=O)n1-c1cc(F)cc(F)c1. The molecule has 31 heavy (non-hydrogen) atoms. The summed E-state index contributed by atoms with van der Waals surface area (Å²) in [6.45, 7) is 5.08. The third-order valence-corrected chi connectivity index (χ3v) is 4.42. The minimum atomic E-state index is -0.925. The van der Waals surface area contributed by atoms with Gasteiger partial charge < -0.3 is 10.1 Å². The smallest absolute Gasteiger partial charge is 0.407 e. The number of ether oxygens (including phenoxy) is 1. The number of halogens is 4. The van der Waals surface area contributed by atoms with Crippen molar-refractivity contribution in [2.24, 2.45) is 0 Å². The van der Waals surface area contributed by atoms with Crippen molar-refractivity contribution < 1.29 is 22.7 Å². The number of hydrogen-bond donors (Lipinski definition) is 1. The van der Waals surface area contributed by atoms with E-state index < -0.39 is 40.1 Å². The van der Waals surface area contributed by atoms with Crippen LogP contribution in [0, 0.1) is 17.5 Å². The van der Waals surface area contributed by atoms with Gasteiger partial charge in [0.25, 0.3) is 5.56 Å². The molecule has 1 N–H and O–H groups in total. The van der Waals surface area contributed by atoms with Gasteiger partial charge in [-0.25, -0.2) is 22.9 Å². The average molecular weight is 454 g/mol. The molecule has 0 saturated carbocycles. The summed E-state index contributed by atoms with van der Waals surface area (Å²) < 4.78 is 48.0. The highest BCUT2D eigenvalue weighted by Gasteiger charge is 2.20. The maximum atomic E-state index is 14.4. The van der Waals surface area contributed by atoms with Crippen LogP contribution in [0.25, 0.3) is 16.6 Å². The molecule has 0 fully saturated rings. The van der Waals surface area contributed by atoms with E-state index in [1.165, 1.54) is 6.07 Å². The fourth-order valence-electron chi connectivity index (χ4n) is 2.95. The molecule has 2 aromatic carbocycles. The Balaban J connectivity index is 2.09. The first kappa shape index (κ1) is 22.6. The van der Waals surface area contributed by atoms with Gasteiger partial charge in [0.15, 0.2) is 0 Å². The molecular formula is C21H19ClF3N3O3. The minimum Gasteiger partial charge on any atom is -0.444 e. The van der Waals surface area contributed by atoms with Crippen molar-refractivity contribution >= 4 is 28.6 Å². The van der Waals surface area contributed by atoms with Gasteiger partial charge in [-0.3, -0.25) is 9.36 Å². The summed E-state index contributed by atoms with van der Waals surface area (Å²) in [6, 6.07) is 4.75. The first-order valence-electron chi connectivity index (χ1n) is 9.29. The van der Waals surface area contributed by atoms with Crippen LogP contribution in [-0.4, -0.2) is 27.8 Å². The van der Waals surface area contributed by atoms with Gasteiger partial charge in [0, 0.05) is 19.0 Å². The van der Waals surface area contributed by atoms with E-state index in [9.17, 15) is 22.8 Å². The molecular weight excluding hydrogens is 435 g/mol. The van der Waals surface area contributed by atoms with Crippen LogP contribution >= 0.6 is 11.6 Å². The number of alkyl carbamates (subject to hydrolysis) is 1. The second-order valence-electron chi connectivity index (χ2n) is 7.73. The molecule has 1 aromatic heterocycles. The Morgan fingerprint density at radius 1 is 1.16 bits per heavy atom. The number of nitrogens with zero attached hydrogens (tertiary/aromatic N) is 2. The van der Waals surface area contributed by atoms with E-state index in [0.717, 1.165) is 22.8 Å². The molecule has 0 spiro atoms. The number of amides is 1. The molecule has 1 amide bonds. The molecule has 0 aliphatic rings. The van der Waals surface area contributed by atoms with Gasteiger partial charge in [-0.05, 0) is 45.0 Å². The molecule has 0 atom stereocenters. The molecule has 0 aliphatic carbocycles. The third-order valence-electron chi connectivity index (χ3n) is 4.12. The highest BCUT2D eigenvalue weighted by Crippen LogP contribution is 2.24. The lowest BCUT2D eigenvalue weighted by atomic mass is 10.2. The molecule has 0 radical (unpaired) electrons. The zero-order valence-electron chi connectivity index (χ0n) is 16.9. The number of carbonyl (C=O) groups is 1. The second-order valence-corrected chi connectivity index (χ2v) is 8.13. The van der Waals surface area contributed by atoms with Gasteiger partial charge in [-0.1, -0.05) is 11.6 Å². The monoisotopic (exact) mass is 453 g/mol. The summed E-state index contributed by atoms with van der Waals surface area (Å²) in [6.07, 6.45) is -0.724. The Kier molecular flexibility index (Phi) is 6.26. The van der Waals surface area contributed by atoms with Gasteiger partial charge in [0.05, 0.1) is 16.2 Å². The van der Waals surface area contributed by atoms with E-state index in [0.29, 0.717) is 6.07 Å². The Labute approximate surface area is 180 Å². The van der Waals surface area contributed by atoms with Crippen LogP contribution in [0.2, 0.25) is 5.02 Å². The van der Waals surface area contributed by atoms with Crippen molar-refractivity contribution in [3.63, 3.8) is 0 Å². The minimum absolute atomic E-state index is 0.0163. The zero-order valence-corrected chi connectivity index (χ0v) is 17.7. The Hall–Kier alpha value is -3.07. The number of carbonyl (C=O) groups excluding carboxylic acids is 1. The van der Waals surface area contributed by atoms with Crippen LogP contribution in [0.1, 0.15) is 26.6 Å². The number of fused-ring (bicyclic) bond motifs is 1. The van der Waals surface area contributed by atoms with Gasteiger partial charge in [0.1, 0.15) is 34.3 Å². The lowest BCUT2D eigenvalue weighted by Gasteiger charge is -2.20. The quantitative estimate of drug-likeness (QED) is 0.630. The molecule has 3 aromatic rings. The van der Waals surface area contributed by atoms with Crippen LogP contribution in [-0.2, 0) is 11.2 Å². The summed E-state index contributed by atoms with van der Waals surface area (Å²) in [4.78, 5) is 29.2. The van der Waals surface area contributed by atoms with E-state index >= 15 is 0 Å². The topological polar surface area (TPSA) is 73.2 Å². The van der Waals surface area contributed by atoms with E-state index in [1.807, 2.05) is 0 Å². The van der Waals surface area contributed by atoms with Gasteiger partial charge in [0.2, 0.25) is 0 Å². The van der Waals surface area contributed by atoms with E-state index in [-0.39, 0.29) is 35.0 Å². The first-order chi connectivity index (χ1) is 14.5. The summed E-state index contributed by atoms with van der Waals surface area (Å²) in [5, 5.41) is 2.13. The zero-order chi connectivity index (χ0) is 22.9. The van der Waals surface area contributed by atoms with Crippen LogP contribution < -0.4 is 10.9 Å². The van der Waals surface area contributed by atoms with Crippen LogP contribution in [0.5, 0.6) is 0 Å². The second kappa shape index (κ2) is 8.58. The number of benzene rings is 2. The molecule has 0 aliphatic heterocycles. The molecule has 6 nitrogen and oxygen atoms in total. The summed E-state index contributed by atoms with van der Waals surface area (Å²) in [7, 11) is 0. The molecule has 10 heteroatoms. The number of nitrogens with one attached hydrogen (secondary N) is 1. The molecule has 3 rings (SSSR count). The summed E-state index contributed by atoms with van der Waals surface area (Å²) in [5.74, 6) is -2.70. The molecule has 0 saturated heterocycles. The highest BCUT2D eigenvalue weighted by molar-refractivity contribution is 6.35. The maximum Gasteiger partial charge on any atom is 0.407 e. The Morgan fingerprint density at radius 3 is 2.42 bits per heavy atom. The van der Waals surface area contributed by atoms with Crippen molar-refractivity contribution in [2.45, 2.75) is 32.8 Å². The standard InChI is InChI=1S/C21H19ClF3N3O3/c1-21(2,3)31-20(30)26-7-6-16-27-18-14(22)4-5-15(25)17(18)19(29)28(16)13-9-11(23)8-12(24)10-13/h4-5,8-10H,6-7H2,1-3H3,(H,26,30). The lowest BCUT2D eigenvalue weighted by molar-refractivity contribution is 0.0528. The van der Waals surface area contributed by atoms with Crippen molar-refractivity contribution in [1.29, 1.82) is 0 Å². The van der Waals surface area contributed by atoms with Crippen LogP contribution in [0.3, 0.4) is 0 Å². The molecule has 0 unspecified atom stereocenters. The van der Waals surface area contributed by atoms with Crippen molar-refractivity contribution in [3.05, 3.63) is 69.0 Å². The summed E-state index contributed by atoms with van der Waals surface area (Å²) in [5.41, 5.74) is -1.87. The Morgan fingerprint density at radius 2 is 1.81 bits per heavy atom. The maximum absolute atomic E-state index is 14.4. The highest BCUT2D eigenvalue weighted by atomic mass is 35.5. The van der Waals surface area contributed by atoms with Gasteiger partial charge >= 0.3 is 6.09 Å². The fourth-order valence-corrected chi connectivity index (χ4v) is 3.15. The third kappa shape index (κ3) is 5.16. The van der Waals surface area contributed by atoms with Crippen molar-refractivity contribution in [1.82, 2.24) is 14.9 Å². The Bertz CT molecular complexity index is 1200. The lowest BCUT2D eigenvalue weighted by Crippen LogP contribution is -2.34. The van der Waals surface area contributed by atoms with Crippen LogP contribution in [0.4, 0.5) is 18.0 Å². The number of rotatable bonds is 4. The van der Waals surface area contributed by atoms with E-state index in [2.05, 4.69) is 10.3 Å². The molecule has 0 bridgehead atoms. The largest absolute Gasteiger partial charge is 0.444 e. The van der Waals surface area contributed by atoms with Crippen LogP contribution in [0.15, 0.2) is 35.1 Å². The first-order valence-corrected chi connectivity index (χ1v) is 9.67. The predicted molar refractivity (Wildman–Crippen MR) is 110 cm³/mol. The van der Waals surface area contributed by atoms with Gasteiger partial charge in [-0.2, -0.15) is 0 Å². The molecule has 164 valence electrons. The van der Waals surface area contributed by atoms with E-state index in [4.69, 9.17) is 16.3 Å².